The molecule has 2 rings (SSSR count). The molecule has 0 saturated heterocycles. The van der Waals surface area contributed by atoms with Gasteiger partial charge in [-0.2, -0.15) is 0 Å². The SMILES string of the molecule is Cc1ccc(CNC(CCC(=O)O)Cc2ccccc2)s1. The zero-order chi connectivity index (χ0) is 15.1. The fourth-order valence-corrected chi connectivity index (χ4v) is 3.14. The Labute approximate surface area is 129 Å². The standard InChI is InChI=1S/C17H21NO2S/c1-13-7-9-16(21-13)12-18-15(8-10-17(19)20)11-14-5-3-2-4-6-14/h2-7,9,15,18H,8,10-12H2,1H3,(H,19,20). The highest BCUT2D eigenvalue weighted by atomic mass is 32.1. The van der Waals surface area contributed by atoms with E-state index in [-0.39, 0.29) is 12.5 Å². The zero-order valence-electron chi connectivity index (χ0n) is 12.2. The number of aryl methyl sites for hydroxylation is 1. The van der Waals surface area contributed by atoms with Crippen molar-refractivity contribution in [1.29, 1.82) is 0 Å². The van der Waals surface area contributed by atoms with Crippen molar-refractivity contribution >= 4 is 17.3 Å². The molecule has 0 aliphatic carbocycles. The number of rotatable bonds is 8. The first-order valence-corrected chi connectivity index (χ1v) is 7.99. The van der Waals surface area contributed by atoms with Gasteiger partial charge in [0.25, 0.3) is 0 Å². The molecule has 1 atom stereocenters. The quantitative estimate of drug-likeness (QED) is 0.783. The molecule has 0 radical (unpaired) electrons. The molecule has 0 bridgehead atoms. The number of thiophene rings is 1. The van der Waals surface area contributed by atoms with Crippen LogP contribution in [0, 0.1) is 6.92 Å². The highest BCUT2D eigenvalue weighted by molar-refractivity contribution is 7.11. The molecule has 0 aliphatic rings. The molecular formula is C17H21NO2S. The van der Waals surface area contributed by atoms with E-state index in [0.29, 0.717) is 6.42 Å². The Hall–Kier alpha value is -1.65. The lowest BCUT2D eigenvalue weighted by Gasteiger charge is -2.18. The summed E-state index contributed by atoms with van der Waals surface area (Å²) in [6.07, 6.45) is 1.71. The van der Waals surface area contributed by atoms with Crippen LogP contribution in [0.15, 0.2) is 42.5 Å². The number of aliphatic carboxylic acids is 1. The average molecular weight is 303 g/mol. The molecule has 1 aromatic heterocycles. The highest BCUT2D eigenvalue weighted by Gasteiger charge is 2.12. The molecule has 0 aliphatic heterocycles. The lowest BCUT2D eigenvalue weighted by Crippen LogP contribution is -2.31. The second-order valence-corrected chi connectivity index (χ2v) is 6.58. The van der Waals surface area contributed by atoms with Crippen LogP contribution in [0.1, 0.15) is 28.2 Å². The van der Waals surface area contributed by atoms with Gasteiger partial charge in [0, 0.05) is 28.8 Å². The topological polar surface area (TPSA) is 49.3 Å². The lowest BCUT2D eigenvalue weighted by molar-refractivity contribution is -0.137. The number of hydrogen-bond donors (Lipinski definition) is 2. The van der Waals surface area contributed by atoms with E-state index in [9.17, 15) is 4.79 Å². The summed E-state index contributed by atoms with van der Waals surface area (Å²) in [5.41, 5.74) is 1.24. The number of carboxylic acids is 1. The first kappa shape index (κ1) is 15.7. The van der Waals surface area contributed by atoms with E-state index in [0.717, 1.165) is 13.0 Å². The smallest absolute Gasteiger partial charge is 0.303 e. The number of carboxylic acid groups (broad SMARTS) is 1. The molecule has 0 fully saturated rings. The number of benzene rings is 1. The van der Waals surface area contributed by atoms with Gasteiger partial charge in [0.05, 0.1) is 0 Å². The third-order valence-electron chi connectivity index (χ3n) is 3.39. The minimum absolute atomic E-state index is 0.186. The molecule has 0 amide bonds. The van der Waals surface area contributed by atoms with Crippen molar-refractivity contribution in [2.24, 2.45) is 0 Å². The lowest BCUT2D eigenvalue weighted by atomic mass is 10.0. The molecule has 1 heterocycles. The third kappa shape index (κ3) is 5.69. The maximum atomic E-state index is 10.8. The Morgan fingerprint density at radius 1 is 1.24 bits per heavy atom. The summed E-state index contributed by atoms with van der Waals surface area (Å²) in [4.78, 5) is 13.4. The molecule has 1 aromatic carbocycles. The molecule has 4 heteroatoms. The van der Waals surface area contributed by atoms with Crippen LogP contribution >= 0.6 is 11.3 Å². The van der Waals surface area contributed by atoms with Crippen LogP contribution in [-0.4, -0.2) is 17.1 Å². The minimum atomic E-state index is -0.734. The summed E-state index contributed by atoms with van der Waals surface area (Å²) in [7, 11) is 0. The molecule has 2 N–H and O–H groups in total. The van der Waals surface area contributed by atoms with E-state index in [1.807, 2.05) is 18.2 Å². The van der Waals surface area contributed by atoms with Gasteiger partial charge in [0.1, 0.15) is 0 Å². The van der Waals surface area contributed by atoms with Crippen molar-refractivity contribution in [2.75, 3.05) is 0 Å². The Kier molecular flexibility index (Phi) is 5.96. The van der Waals surface area contributed by atoms with Crippen molar-refractivity contribution in [1.82, 2.24) is 5.32 Å². The fourth-order valence-electron chi connectivity index (χ4n) is 2.30. The van der Waals surface area contributed by atoms with Crippen LogP contribution in [0.2, 0.25) is 0 Å². The van der Waals surface area contributed by atoms with Crippen LogP contribution in [0.4, 0.5) is 0 Å². The van der Waals surface area contributed by atoms with Crippen molar-refractivity contribution in [3.63, 3.8) is 0 Å². The third-order valence-corrected chi connectivity index (χ3v) is 4.39. The first-order chi connectivity index (χ1) is 10.1. The summed E-state index contributed by atoms with van der Waals surface area (Å²) in [6.45, 7) is 2.90. The van der Waals surface area contributed by atoms with E-state index in [1.54, 1.807) is 11.3 Å². The molecule has 2 aromatic rings. The Morgan fingerprint density at radius 2 is 2.00 bits per heavy atom. The molecule has 0 saturated carbocycles. The van der Waals surface area contributed by atoms with Gasteiger partial charge in [-0.25, -0.2) is 0 Å². The number of carbonyl (C=O) groups is 1. The van der Waals surface area contributed by atoms with Gasteiger partial charge in [-0.1, -0.05) is 30.3 Å². The van der Waals surface area contributed by atoms with E-state index < -0.39 is 5.97 Å². The van der Waals surface area contributed by atoms with Gasteiger partial charge in [0.2, 0.25) is 0 Å². The van der Waals surface area contributed by atoms with Crippen LogP contribution in [-0.2, 0) is 17.8 Å². The van der Waals surface area contributed by atoms with Crippen LogP contribution in [0.25, 0.3) is 0 Å². The second-order valence-electron chi connectivity index (χ2n) is 5.21. The van der Waals surface area contributed by atoms with Crippen LogP contribution in [0.3, 0.4) is 0 Å². The van der Waals surface area contributed by atoms with Gasteiger partial charge in [-0.15, -0.1) is 11.3 Å². The summed E-state index contributed by atoms with van der Waals surface area (Å²) < 4.78 is 0. The predicted octanol–water partition coefficient (Wildman–Crippen LogP) is 3.62. The monoisotopic (exact) mass is 303 g/mol. The summed E-state index contributed by atoms with van der Waals surface area (Å²) in [6, 6.07) is 14.6. The zero-order valence-corrected chi connectivity index (χ0v) is 13.0. The van der Waals surface area contributed by atoms with Crippen LogP contribution in [0.5, 0.6) is 0 Å². The molecule has 112 valence electrons. The number of hydrogen-bond acceptors (Lipinski definition) is 3. The molecule has 0 spiro atoms. The largest absolute Gasteiger partial charge is 0.481 e. The normalized spacial score (nSPS) is 12.2. The predicted molar refractivity (Wildman–Crippen MR) is 86.7 cm³/mol. The van der Waals surface area contributed by atoms with Crippen molar-refractivity contribution in [3.05, 3.63) is 57.8 Å². The Morgan fingerprint density at radius 3 is 2.62 bits per heavy atom. The van der Waals surface area contributed by atoms with E-state index >= 15 is 0 Å². The van der Waals surface area contributed by atoms with Crippen molar-refractivity contribution in [3.8, 4) is 0 Å². The molecule has 3 nitrogen and oxygen atoms in total. The number of nitrogens with one attached hydrogen (secondary N) is 1. The average Bonchev–Trinajstić information content (AvgIpc) is 2.88. The summed E-state index contributed by atoms with van der Waals surface area (Å²) in [5, 5.41) is 12.4. The minimum Gasteiger partial charge on any atom is -0.481 e. The second kappa shape index (κ2) is 7.96. The Bertz CT molecular complexity index is 565. The first-order valence-electron chi connectivity index (χ1n) is 7.18. The van der Waals surface area contributed by atoms with E-state index in [1.165, 1.54) is 15.3 Å². The van der Waals surface area contributed by atoms with Gasteiger partial charge in [-0.3, -0.25) is 4.79 Å². The summed E-state index contributed by atoms with van der Waals surface area (Å²) >= 11 is 1.78. The van der Waals surface area contributed by atoms with E-state index in [4.69, 9.17) is 5.11 Å². The molecule has 1 unspecified atom stereocenters. The van der Waals surface area contributed by atoms with Gasteiger partial charge < -0.3 is 10.4 Å². The van der Waals surface area contributed by atoms with E-state index in [2.05, 4.69) is 36.5 Å². The van der Waals surface area contributed by atoms with Gasteiger partial charge >= 0.3 is 5.97 Å². The highest BCUT2D eigenvalue weighted by Crippen LogP contribution is 2.16. The summed E-state index contributed by atoms with van der Waals surface area (Å²) in [5.74, 6) is -0.734. The fraction of sp³-hybridized carbons (Fsp3) is 0.353. The maximum absolute atomic E-state index is 10.8. The van der Waals surface area contributed by atoms with Crippen molar-refractivity contribution < 1.29 is 9.90 Å². The van der Waals surface area contributed by atoms with Gasteiger partial charge in [-0.05, 0) is 37.5 Å². The molecule has 21 heavy (non-hydrogen) atoms. The van der Waals surface area contributed by atoms with Crippen molar-refractivity contribution in [2.45, 2.75) is 38.8 Å². The Balaban J connectivity index is 1.92. The maximum Gasteiger partial charge on any atom is 0.303 e. The van der Waals surface area contributed by atoms with Gasteiger partial charge in [0.15, 0.2) is 0 Å². The van der Waals surface area contributed by atoms with Crippen LogP contribution < -0.4 is 5.32 Å². The molecular weight excluding hydrogens is 282 g/mol.